The summed E-state index contributed by atoms with van der Waals surface area (Å²) in [6.45, 7) is 0. The van der Waals surface area contributed by atoms with Crippen molar-refractivity contribution in [3.63, 3.8) is 0 Å². The van der Waals surface area contributed by atoms with Crippen LogP contribution < -0.4 is 0 Å². The van der Waals surface area contributed by atoms with Gasteiger partial charge in [0.1, 0.15) is 0 Å². The van der Waals surface area contributed by atoms with Gasteiger partial charge in [-0.05, 0) is 30.5 Å². The average Bonchev–Trinajstić information content (AvgIpc) is 2.79. The molecule has 1 fully saturated rings. The zero-order valence-corrected chi connectivity index (χ0v) is 11.8. The van der Waals surface area contributed by atoms with Crippen molar-refractivity contribution in [1.29, 1.82) is 0 Å². The molecule has 1 aromatic rings. The lowest BCUT2D eigenvalue weighted by Gasteiger charge is -2.30. The Morgan fingerprint density at radius 3 is 2.28 bits per heavy atom. The van der Waals surface area contributed by atoms with Crippen LogP contribution in [0.3, 0.4) is 0 Å². The van der Waals surface area contributed by atoms with E-state index >= 15 is 0 Å². The number of carbonyl (C=O) groups is 1. The molecule has 0 atom stereocenters. The Bertz CT molecular complexity index is 419. The van der Waals surface area contributed by atoms with Crippen LogP contribution in [0.2, 0.25) is 5.02 Å². The summed E-state index contributed by atoms with van der Waals surface area (Å²) in [6, 6.07) is 8.02. The molecule has 3 heteroatoms. The number of hydrogen-bond acceptors (Lipinski definition) is 1. The first-order valence-electron chi connectivity index (χ1n) is 6.50. The van der Waals surface area contributed by atoms with Gasteiger partial charge in [-0.25, -0.2) is 0 Å². The molecule has 0 aromatic heterocycles. The Kier molecular flexibility index (Phi) is 3.96. The van der Waals surface area contributed by atoms with E-state index in [9.17, 15) is 4.79 Å². The monoisotopic (exact) mass is 265 g/mol. The van der Waals surface area contributed by atoms with Crippen molar-refractivity contribution < 1.29 is 4.79 Å². The van der Waals surface area contributed by atoms with Crippen LogP contribution >= 0.6 is 11.6 Å². The van der Waals surface area contributed by atoms with Crippen LogP contribution in [0.5, 0.6) is 0 Å². The summed E-state index contributed by atoms with van der Waals surface area (Å²) in [5.41, 5.74) is 1.30. The number of nitrogens with zero attached hydrogens (tertiary/aromatic N) is 1. The predicted molar refractivity (Wildman–Crippen MR) is 74.9 cm³/mol. The second-order valence-electron chi connectivity index (χ2n) is 5.46. The molecule has 98 valence electrons. The lowest BCUT2D eigenvalue weighted by atomic mass is 9.76. The fourth-order valence-corrected chi connectivity index (χ4v) is 3.00. The highest BCUT2D eigenvalue weighted by molar-refractivity contribution is 6.30. The molecule has 2 nitrogen and oxygen atoms in total. The van der Waals surface area contributed by atoms with Gasteiger partial charge in [-0.1, -0.05) is 36.6 Å². The van der Waals surface area contributed by atoms with E-state index < -0.39 is 0 Å². The number of amides is 1. The predicted octanol–water partition coefficient (Wildman–Crippen LogP) is 3.63. The van der Waals surface area contributed by atoms with Gasteiger partial charge in [-0.15, -0.1) is 0 Å². The van der Waals surface area contributed by atoms with Crippen molar-refractivity contribution in [3.05, 3.63) is 34.9 Å². The smallest absolute Gasteiger partial charge is 0.222 e. The fraction of sp³-hybridized carbons (Fsp3) is 0.533. The van der Waals surface area contributed by atoms with E-state index in [2.05, 4.69) is 12.1 Å². The molecule has 1 amide bonds. The Morgan fingerprint density at radius 1 is 1.22 bits per heavy atom. The van der Waals surface area contributed by atoms with Crippen LogP contribution in [-0.2, 0) is 10.2 Å². The first-order valence-corrected chi connectivity index (χ1v) is 6.87. The van der Waals surface area contributed by atoms with Gasteiger partial charge in [-0.2, -0.15) is 0 Å². The van der Waals surface area contributed by atoms with Crippen molar-refractivity contribution in [2.24, 2.45) is 0 Å². The topological polar surface area (TPSA) is 20.3 Å². The average molecular weight is 266 g/mol. The molecule has 1 aliphatic rings. The summed E-state index contributed by atoms with van der Waals surface area (Å²) in [6.07, 6.45) is 5.25. The molecule has 0 aliphatic heterocycles. The number of benzene rings is 1. The molecule has 0 saturated heterocycles. The largest absolute Gasteiger partial charge is 0.349 e. The van der Waals surface area contributed by atoms with Gasteiger partial charge in [0.05, 0.1) is 0 Å². The van der Waals surface area contributed by atoms with Gasteiger partial charge in [0, 0.05) is 31.0 Å². The Balaban J connectivity index is 2.26. The van der Waals surface area contributed by atoms with E-state index in [1.165, 1.54) is 18.4 Å². The number of rotatable bonds is 3. The molecule has 0 radical (unpaired) electrons. The standard InChI is InChI=1S/C15H20ClNO/c1-17(2)14(18)11-15(9-3-4-10-15)12-5-7-13(16)8-6-12/h5-8H,3-4,9-11H2,1-2H3. The fourth-order valence-electron chi connectivity index (χ4n) is 2.87. The minimum atomic E-state index is 0.0337. The van der Waals surface area contributed by atoms with Gasteiger partial charge in [0.15, 0.2) is 0 Å². The quantitative estimate of drug-likeness (QED) is 0.817. The highest BCUT2D eigenvalue weighted by Gasteiger charge is 2.37. The SMILES string of the molecule is CN(C)C(=O)CC1(c2ccc(Cl)cc2)CCCC1. The third-order valence-corrected chi connectivity index (χ3v) is 4.26. The Labute approximate surface area is 114 Å². The van der Waals surface area contributed by atoms with Gasteiger partial charge in [0.2, 0.25) is 5.91 Å². The van der Waals surface area contributed by atoms with Gasteiger partial charge in [-0.3, -0.25) is 4.79 Å². The highest BCUT2D eigenvalue weighted by Crippen LogP contribution is 2.44. The summed E-state index contributed by atoms with van der Waals surface area (Å²) in [5, 5.41) is 0.755. The minimum absolute atomic E-state index is 0.0337. The molecule has 1 aliphatic carbocycles. The van der Waals surface area contributed by atoms with E-state index in [1.54, 1.807) is 4.90 Å². The van der Waals surface area contributed by atoms with Crippen LogP contribution in [0.15, 0.2) is 24.3 Å². The second-order valence-corrected chi connectivity index (χ2v) is 5.90. The van der Waals surface area contributed by atoms with Crippen molar-refractivity contribution in [3.8, 4) is 0 Å². The van der Waals surface area contributed by atoms with Crippen molar-refractivity contribution >= 4 is 17.5 Å². The molecule has 2 rings (SSSR count). The lowest BCUT2D eigenvalue weighted by molar-refractivity contribution is -0.130. The van der Waals surface area contributed by atoms with E-state index in [4.69, 9.17) is 11.6 Å². The van der Waals surface area contributed by atoms with Crippen molar-refractivity contribution in [2.75, 3.05) is 14.1 Å². The Hall–Kier alpha value is -1.02. The van der Waals surface area contributed by atoms with E-state index in [1.807, 2.05) is 26.2 Å². The summed E-state index contributed by atoms with van der Waals surface area (Å²) < 4.78 is 0. The second kappa shape index (κ2) is 5.31. The molecule has 0 unspecified atom stereocenters. The van der Waals surface area contributed by atoms with Crippen molar-refractivity contribution in [1.82, 2.24) is 4.90 Å². The van der Waals surface area contributed by atoms with E-state index in [0.29, 0.717) is 6.42 Å². The van der Waals surface area contributed by atoms with Crippen LogP contribution in [0.25, 0.3) is 0 Å². The molecular weight excluding hydrogens is 246 g/mol. The highest BCUT2D eigenvalue weighted by atomic mass is 35.5. The summed E-state index contributed by atoms with van der Waals surface area (Å²) in [7, 11) is 3.65. The van der Waals surface area contributed by atoms with Gasteiger partial charge >= 0.3 is 0 Å². The molecule has 0 bridgehead atoms. The third kappa shape index (κ3) is 2.69. The summed E-state index contributed by atoms with van der Waals surface area (Å²) >= 11 is 5.94. The lowest BCUT2D eigenvalue weighted by Crippen LogP contribution is -2.32. The van der Waals surface area contributed by atoms with E-state index in [0.717, 1.165) is 17.9 Å². The van der Waals surface area contributed by atoms with Crippen LogP contribution in [0, 0.1) is 0 Å². The van der Waals surface area contributed by atoms with Gasteiger partial charge in [0.25, 0.3) is 0 Å². The van der Waals surface area contributed by atoms with E-state index in [-0.39, 0.29) is 11.3 Å². The minimum Gasteiger partial charge on any atom is -0.349 e. The maximum atomic E-state index is 12.0. The number of hydrogen-bond donors (Lipinski definition) is 0. The maximum absolute atomic E-state index is 12.0. The molecule has 1 saturated carbocycles. The molecular formula is C15H20ClNO. The number of halogens is 1. The van der Waals surface area contributed by atoms with Crippen LogP contribution in [-0.4, -0.2) is 24.9 Å². The first kappa shape index (κ1) is 13.4. The maximum Gasteiger partial charge on any atom is 0.222 e. The molecule has 1 aromatic carbocycles. The van der Waals surface area contributed by atoms with Crippen LogP contribution in [0.4, 0.5) is 0 Å². The number of carbonyl (C=O) groups excluding carboxylic acids is 1. The molecule has 18 heavy (non-hydrogen) atoms. The normalized spacial score (nSPS) is 17.7. The zero-order chi connectivity index (χ0) is 13.2. The summed E-state index contributed by atoms with van der Waals surface area (Å²) in [4.78, 5) is 13.7. The Morgan fingerprint density at radius 2 is 1.78 bits per heavy atom. The summed E-state index contributed by atoms with van der Waals surface area (Å²) in [5.74, 6) is 0.215. The zero-order valence-electron chi connectivity index (χ0n) is 11.1. The molecule has 0 heterocycles. The van der Waals surface area contributed by atoms with Crippen LogP contribution in [0.1, 0.15) is 37.7 Å². The molecule has 0 N–H and O–H groups in total. The first-order chi connectivity index (χ1) is 8.53. The molecule has 0 spiro atoms. The van der Waals surface area contributed by atoms with Gasteiger partial charge < -0.3 is 4.90 Å². The van der Waals surface area contributed by atoms with Crippen molar-refractivity contribution in [2.45, 2.75) is 37.5 Å². The third-order valence-electron chi connectivity index (χ3n) is 4.01.